The van der Waals surface area contributed by atoms with Crippen molar-refractivity contribution in [2.24, 2.45) is 7.05 Å². The fourth-order valence-corrected chi connectivity index (χ4v) is 4.82. The Balaban J connectivity index is 1.45. The summed E-state index contributed by atoms with van der Waals surface area (Å²) in [5.74, 6) is -0.485. The maximum atomic E-state index is 15.2. The highest BCUT2D eigenvalue weighted by atomic mass is 19.1. The van der Waals surface area contributed by atoms with Gasteiger partial charge >= 0.3 is 0 Å². The molecule has 0 radical (unpaired) electrons. The monoisotopic (exact) mass is 460 g/mol. The van der Waals surface area contributed by atoms with Gasteiger partial charge in [0.05, 0.1) is 17.9 Å². The van der Waals surface area contributed by atoms with Crippen molar-refractivity contribution in [3.63, 3.8) is 0 Å². The molecule has 2 aliphatic heterocycles. The van der Waals surface area contributed by atoms with Crippen LogP contribution in [0.1, 0.15) is 34.5 Å². The molecule has 0 saturated heterocycles. The van der Waals surface area contributed by atoms with E-state index in [0.29, 0.717) is 12.2 Å². The number of carbonyl (C=O) groups is 1. The molecule has 3 aromatic rings. The minimum atomic E-state index is -0.439. The van der Waals surface area contributed by atoms with E-state index in [0.717, 1.165) is 54.1 Å². The van der Waals surface area contributed by atoms with Gasteiger partial charge in [-0.05, 0) is 49.1 Å². The Morgan fingerprint density at radius 2 is 1.91 bits per heavy atom. The molecule has 0 unspecified atom stereocenters. The Bertz CT molecular complexity index is 1270. The minimum absolute atomic E-state index is 0.139. The van der Waals surface area contributed by atoms with Gasteiger partial charge in [-0.15, -0.1) is 0 Å². The van der Waals surface area contributed by atoms with Crippen molar-refractivity contribution in [3.8, 4) is 5.75 Å². The van der Waals surface area contributed by atoms with Crippen molar-refractivity contribution >= 4 is 17.2 Å². The van der Waals surface area contributed by atoms with Crippen LogP contribution in [0, 0.1) is 19.7 Å². The molecule has 176 valence electrons. The zero-order chi connectivity index (χ0) is 23.8. The first-order valence-corrected chi connectivity index (χ1v) is 11.6. The Morgan fingerprint density at radius 3 is 2.65 bits per heavy atom. The molecule has 0 atom stereocenters. The van der Waals surface area contributed by atoms with Gasteiger partial charge in [0, 0.05) is 37.9 Å². The van der Waals surface area contributed by atoms with E-state index < -0.39 is 5.82 Å². The Morgan fingerprint density at radius 1 is 1.12 bits per heavy atom. The van der Waals surface area contributed by atoms with Gasteiger partial charge in [0.15, 0.2) is 18.2 Å². The number of fused-ring (bicyclic) bond motifs is 1. The number of hydrogen-bond donors (Lipinski definition) is 0. The normalized spacial score (nSPS) is 16.3. The number of halogens is 1. The predicted molar refractivity (Wildman–Crippen MR) is 130 cm³/mol. The summed E-state index contributed by atoms with van der Waals surface area (Å²) < 4.78 is 22.5. The number of nitrogens with zero attached hydrogens (tertiary/aromatic N) is 4. The maximum absolute atomic E-state index is 15.2. The molecule has 2 aliphatic rings. The molecule has 34 heavy (non-hydrogen) atoms. The molecule has 3 heterocycles. The molecular weight excluding hydrogens is 431 g/mol. The lowest BCUT2D eigenvalue weighted by Gasteiger charge is -2.32. The van der Waals surface area contributed by atoms with E-state index in [2.05, 4.69) is 28.2 Å². The van der Waals surface area contributed by atoms with E-state index in [1.807, 2.05) is 49.8 Å². The van der Waals surface area contributed by atoms with Crippen molar-refractivity contribution in [3.05, 3.63) is 82.4 Å². The fraction of sp³-hybridized carbons (Fsp3) is 0.333. The largest absolute Gasteiger partial charge is 0.478 e. The van der Waals surface area contributed by atoms with Crippen LogP contribution in [0.2, 0.25) is 0 Å². The number of ether oxygens (including phenoxy) is 1. The first-order valence-electron chi connectivity index (χ1n) is 11.6. The third kappa shape index (κ3) is 4.23. The molecule has 0 fully saturated rings. The van der Waals surface area contributed by atoms with Crippen molar-refractivity contribution in [1.82, 2.24) is 14.7 Å². The van der Waals surface area contributed by atoms with Crippen LogP contribution in [0.3, 0.4) is 0 Å². The number of benzene rings is 2. The number of rotatable bonds is 5. The molecule has 1 amide bonds. The zero-order valence-electron chi connectivity index (χ0n) is 19.8. The average molecular weight is 461 g/mol. The molecule has 0 saturated carbocycles. The van der Waals surface area contributed by atoms with Gasteiger partial charge in [0.25, 0.3) is 5.91 Å². The topological polar surface area (TPSA) is 50.6 Å². The Labute approximate surface area is 199 Å². The quantitative estimate of drug-likeness (QED) is 0.567. The summed E-state index contributed by atoms with van der Waals surface area (Å²) in [6, 6.07) is 13.8. The fourth-order valence-electron chi connectivity index (χ4n) is 4.82. The lowest BCUT2D eigenvalue weighted by molar-refractivity contribution is -0.121. The number of hydrogen-bond acceptors (Lipinski definition) is 4. The second-order valence-electron chi connectivity index (χ2n) is 9.06. The Kier molecular flexibility index (Phi) is 5.96. The highest BCUT2D eigenvalue weighted by molar-refractivity contribution is 5.98. The average Bonchev–Trinajstić information content (AvgIpc) is 3.07. The molecular formula is C27H29FN4O2. The van der Waals surface area contributed by atoms with Gasteiger partial charge in [-0.3, -0.25) is 14.4 Å². The Hall–Kier alpha value is -3.45. The van der Waals surface area contributed by atoms with Gasteiger partial charge in [-0.25, -0.2) is 4.39 Å². The summed E-state index contributed by atoms with van der Waals surface area (Å²) in [6.07, 6.45) is 3.07. The van der Waals surface area contributed by atoms with Gasteiger partial charge in [-0.1, -0.05) is 36.4 Å². The molecule has 0 spiro atoms. The third-order valence-corrected chi connectivity index (χ3v) is 6.78. The second kappa shape index (κ2) is 9.06. The lowest BCUT2D eigenvalue weighted by Crippen LogP contribution is -2.39. The molecule has 0 aliphatic carbocycles. The van der Waals surface area contributed by atoms with E-state index in [4.69, 9.17) is 4.74 Å². The number of aryl methyl sites for hydroxylation is 2. The van der Waals surface area contributed by atoms with Crippen molar-refractivity contribution < 1.29 is 13.9 Å². The van der Waals surface area contributed by atoms with Gasteiger partial charge in [-0.2, -0.15) is 5.10 Å². The van der Waals surface area contributed by atoms with E-state index >= 15 is 4.39 Å². The van der Waals surface area contributed by atoms with E-state index in [-0.39, 0.29) is 18.3 Å². The lowest BCUT2D eigenvalue weighted by atomic mass is 9.98. The predicted octanol–water partition coefficient (Wildman–Crippen LogP) is 4.39. The molecule has 6 nitrogen and oxygen atoms in total. The van der Waals surface area contributed by atoms with Gasteiger partial charge in [0.2, 0.25) is 0 Å². The van der Waals surface area contributed by atoms with E-state index in [1.165, 1.54) is 11.6 Å². The molecule has 1 aromatic heterocycles. The summed E-state index contributed by atoms with van der Waals surface area (Å²) in [6.45, 7) is 6.60. The van der Waals surface area contributed by atoms with Crippen LogP contribution in [-0.2, 0) is 24.9 Å². The molecule has 7 heteroatoms. The first kappa shape index (κ1) is 22.3. The number of aromatic nitrogens is 2. The van der Waals surface area contributed by atoms with Crippen LogP contribution < -0.4 is 9.64 Å². The number of carbonyl (C=O) groups excluding carboxylic acids is 1. The summed E-state index contributed by atoms with van der Waals surface area (Å²) in [5, 5.41) is 4.47. The van der Waals surface area contributed by atoms with Crippen LogP contribution >= 0.6 is 0 Å². The van der Waals surface area contributed by atoms with E-state index in [9.17, 15) is 4.79 Å². The smallest absolute Gasteiger partial charge is 0.265 e. The summed E-state index contributed by atoms with van der Waals surface area (Å²) in [7, 11) is 1.88. The SMILES string of the molecule is Cc1nn(C)c(C)c1CN1C(=O)COc2c(F)cc(C3=CCCN(Cc4ccccc4)C3)cc21. The highest BCUT2D eigenvalue weighted by Crippen LogP contribution is 2.39. The molecule has 0 N–H and O–H groups in total. The van der Waals surface area contributed by atoms with Crippen LogP contribution in [0.25, 0.3) is 5.57 Å². The van der Waals surface area contributed by atoms with Gasteiger partial charge < -0.3 is 9.64 Å². The summed E-state index contributed by atoms with van der Waals surface area (Å²) in [5.41, 5.74) is 6.42. The van der Waals surface area contributed by atoms with Crippen molar-refractivity contribution in [2.75, 3.05) is 24.6 Å². The van der Waals surface area contributed by atoms with Crippen LogP contribution in [0.4, 0.5) is 10.1 Å². The summed E-state index contributed by atoms with van der Waals surface area (Å²) >= 11 is 0. The first-order chi connectivity index (χ1) is 16.4. The summed E-state index contributed by atoms with van der Waals surface area (Å²) in [4.78, 5) is 16.9. The molecule has 5 rings (SSSR count). The standard InChI is InChI=1S/C27H29FN4O2/c1-18-23(19(2)30(3)29-18)16-32-25-13-22(12-24(28)27(25)34-17-26(32)33)21-10-7-11-31(15-21)14-20-8-5-4-6-9-20/h4-6,8-10,12-13H,7,11,14-17H2,1-3H3. The maximum Gasteiger partial charge on any atom is 0.265 e. The van der Waals surface area contributed by atoms with Gasteiger partial charge in [0.1, 0.15) is 0 Å². The zero-order valence-corrected chi connectivity index (χ0v) is 19.8. The van der Waals surface area contributed by atoms with E-state index in [1.54, 1.807) is 4.90 Å². The van der Waals surface area contributed by atoms with Crippen molar-refractivity contribution in [2.45, 2.75) is 33.4 Å². The number of anilines is 1. The third-order valence-electron chi connectivity index (χ3n) is 6.78. The van der Waals surface area contributed by atoms with Crippen molar-refractivity contribution in [1.29, 1.82) is 0 Å². The highest BCUT2D eigenvalue weighted by Gasteiger charge is 2.31. The second-order valence-corrected chi connectivity index (χ2v) is 9.06. The van der Waals surface area contributed by atoms with Crippen LogP contribution in [-0.4, -0.2) is 40.3 Å². The molecule has 0 bridgehead atoms. The number of amides is 1. The van der Waals surface area contributed by atoms with Crippen LogP contribution in [0.5, 0.6) is 5.75 Å². The minimum Gasteiger partial charge on any atom is -0.478 e. The van der Waals surface area contributed by atoms with Crippen LogP contribution in [0.15, 0.2) is 48.5 Å². The molecule has 2 aromatic carbocycles.